The van der Waals surface area contributed by atoms with Crippen molar-refractivity contribution in [2.24, 2.45) is 4.99 Å². The highest BCUT2D eigenvalue weighted by molar-refractivity contribution is 8.18. The van der Waals surface area contributed by atoms with Crippen molar-refractivity contribution in [3.05, 3.63) is 68.5 Å². The van der Waals surface area contributed by atoms with Gasteiger partial charge in [0.15, 0.2) is 5.17 Å². The predicted octanol–water partition coefficient (Wildman–Crippen LogP) is 4.68. The van der Waals surface area contributed by atoms with Gasteiger partial charge in [-0.1, -0.05) is 47.5 Å². The van der Waals surface area contributed by atoms with Crippen molar-refractivity contribution < 1.29 is 14.3 Å². The topological polar surface area (TPSA) is 67.8 Å². The van der Waals surface area contributed by atoms with E-state index in [0.717, 1.165) is 22.9 Å². The fourth-order valence-corrected chi connectivity index (χ4v) is 3.59. The molecule has 1 heterocycles. The van der Waals surface area contributed by atoms with Gasteiger partial charge in [0.1, 0.15) is 12.4 Å². The molecular formula is C19H14Cl2N2O3S. The van der Waals surface area contributed by atoms with E-state index in [1.807, 2.05) is 18.2 Å². The van der Waals surface area contributed by atoms with Crippen LogP contribution in [0.3, 0.4) is 0 Å². The second kappa shape index (κ2) is 8.61. The van der Waals surface area contributed by atoms with Crippen LogP contribution in [0.4, 0.5) is 0 Å². The van der Waals surface area contributed by atoms with Crippen molar-refractivity contribution in [2.75, 3.05) is 0 Å². The molecule has 2 aromatic rings. The number of para-hydroxylation sites is 1. The SMILES string of the molecule is CC(=O)NC1=NC(=O)C(=Cc2ccccc2OCc2ccc(Cl)cc2Cl)S1. The highest BCUT2D eigenvalue weighted by Gasteiger charge is 2.23. The molecule has 2 aromatic carbocycles. The predicted molar refractivity (Wildman–Crippen MR) is 109 cm³/mol. The third-order valence-electron chi connectivity index (χ3n) is 3.51. The Bertz CT molecular complexity index is 973. The molecule has 0 radical (unpaired) electrons. The molecule has 138 valence electrons. The average Bonchev–Trinajstić information content (AvgIpc) is 2.93. The number of rotatable bonds is 4. The van der Waals surface area contributed by atoms with Crippen LogP contribution in [0, 0.1) is 0 Å². The van der Waals surface area contributed by atoms with Gasteiger partial charge in [0.2, 0.25) is 5.91 Å². The van der Waals surface area contributed by atoms with E-state index < -0.39 is 5.91 Å². The number of carbonyl (C=O) groups is 2. The van der Waals surface area contributed by atoms with E-state index in [2.05, 4.69) is 10.3 Å². The number of benzene rings is 2. The van der Waals surface area contributed by atoms with Crippen LogP contribution in [0.1, 0.15) is 18.1 Å². The van der Waals surface area contributed by atoms with Crippen LogP contribution < -0.4 is 10.1 Å². The Morgan fingerprint density at radius 2 is 2.04 bits per heavy atom. The first kappa shape index (κ1) is 19.5. The fourth-order valence-electron chi connectivity index (χ4n) is 2.28. The summed E-state index contributed by atoms with van der Waals surface area (Å²) in [5.74, 6) is -0.0874. The van der Waals surface area contributed by atoms with Gasteiger partial charge in [0, 0.05) is 28.1 Å². The number of halogens is 2. The molecule has 0 fully saturated rings. The Balaban J connectivity index is 1.77. The average molecular weight is 421 g/mol. The standard InChI is InChI=1S/C19H14Cl2N2O3S/c1-11(24)22-19-23-18(25)17(27-19)8-12-4-2-3-5-16(12)26-10-13-6-7-14(20)9-15(13)21/h2-9H,10H2,1H3,(H,22,23,24,25). The molecule has 0 unspecified atom stereocenters. The lowest BCUT2D eigenvalue weighted by atomic mass is 10.2. The van der Waals surface area contributed by atoms with Crippen LogP contribution in [-0.2, 0) is 16.2 Å². The third-order valence-corrected chi connectivity index (χ3v) is 4.99. The molecule has 0 saturated heterocycles. The first-order valence-corrected chi connectivity index (χ1v) is 9.45. The van der Waals surface area contributed by atoms with Crippen LogP contribution in [0.15, 0.2) is 52.4 Å². The molecule has 0 saturated carbocycles. The Hall–Kier alpha value is -2.28. The van der Waals surface area contributed by atoms with Crippen LogP contribution in [-0.4, -0.2) is 17.0 Å². The summed E-state index contributed by atoms with van der Waals surface area (Å²) in [6, 6.07) is 12.5. The highest BCUT2D eigenvalue weighted by Crippen LogP contribution is 2.31. The number of hydrogen-bond donors (Lipinski definition) is 1. The number of thioether (sulfide) groups is 1. The van der Waals surface area contributed by atoms with Gasteiger partial charge in [-0.2, -0.15) is 4.99 Å². The summed E-state index contributed by atoms with van der Waals surface area (Å²) < 4.78 is 5.88. The van der Waals surface area contributed by atoms with Crippen molar-refractivity contribution in [1.29, 1.82) is 0 Å². The largest absolute Gasteiger partial charge is 0.488 e. The zero-order valence-electron chi connectivity index (χ0n) is 14.2. The molecule has 2 amide bonds. The van der Waals surface area contributed by atoms with E-state index >= 15 is 0 Å². The van der Waals surface area contributed by atoms with E-state index in [9.17, 15) is 9.59 Å². The monoisotopic (exact) mass is 420 g/mol. The second-order valence-electron chi connectivity index (χ2n) is 5.58. The molecule has 1 aliphatic rings. The molecule has 8 heteroatoms. The maximum atomic E-state index is 12.0. The van der Waals surface area contributed by atoms with E-state index in [4.69, 9.17) is 27.9 Å². The van der Waals surface area contributed by atoms with E-state index in [-0.39, 0.29) is 17.7 Å². The Labute approximate surface area is 170 Å². The minimum absolute atomic E-state index is 0.255. The lowest BCUT2D eigenvalue weighted by Crippen LogP contribution is -2.23. The van der Waals surface area contributed by atoms with Gasteiger partial charge in [-0.3, -0.25) is 9.59 Å². The van der Waals surface area contributed by atoms with Gasteiger partial charge in [-0.05, 0) is 36.0 Å². The maximum absolute atomic E-state index is 12.0. The third kappa shape index (κ3) is 5.13. The lowest BCUT2D eigenvalue weighted by Gasteiger charge is -2.11. The summed E-state index contributed by atoms with van der Waals surface area (Å²) in [5, 5.41) is 3.86. The van der Waals surface area contributed by atoms with Crippen LogP contribution in [0.25, 0.3) is 6.08 Å². The van der Waals surface area contributed by atoms with Gasteiger partial charge in [-0.15, -0.1) is 0 Å². The van der Waals surface area contributed by atoms with Crippen molar-refractivity contribution in [3.63, 3.8) is 0 Å². The van der Waals surface area contributed by atoms with Gasteiger partial charge in [0.05, 0.1) is 4.91 Å². The molecular weight excluding hydrogens is 407 g/mol. The second-order valence-corrected chi connectivity index (χ2v) is 7.45. The van der Waals surface area contributed by atoms with Crippen molar-refractivity contribution in [2.45, 2.75) is 13.5 Å². The number of carbonyl (C=O) groups excluding carboxylic acids is 2. The van der Waals surface area contributed by atoms with Gasteiger partial charge < -0.3 is 10.1 Å². The summed E-state index contributed by atoms with van der Waals surface area (Å²) in [6.07, 6.45) is 1.68. The summed E-state index contributed by atoms with van der Waals surface area (Å²) in [7, 11) is 0. The zero-order chi connectivity index (χ0) is 19.4. The smallest absolute Gasteiger partial charge is 0.286 e. The lowest BCUT2D eigenvalue weighted by molar-refractivity contribution is -0.117. The number of nitrogens with one attached hydrogen (secondary N) is 1. The van der Waals surface area contributed by atoms with E-state index in [1.165, 1.54) is 6.92 Å². The first-order chi connectivity index (χ1) is 12.9. The van der Waals surface area contributed by atoms with Gasteiger partial charge >= 0.3 is 0 Å². The van der Waals surface area contributed by atoms with E-state index in [0.29, 0.717) is 20.7 Å². The molecule has 1 aliphatic heterocycles. The maximum Gasteiger partial charge on any atom is 0.286 e. The van der Waals surface area contributed by atoms with Gasteiger partial charge in [0.25, 0.3) is 5.91 Å². The molecule has 0 spiro atoms. The molecule has 0 aromatic heterocycles. The zero-order valence-corrected chi connectivity index (χ0v) is 16.5. The molecule has 27 heavy (non-hydrogen) atoms. The minimum atomic E-state index is -0.403. The Kier molecular flexibility index (Phi) is 6.21. The number of amides is 2. The first-order valence-electron chi connectivity index (χ1n) is 7.88. The number of ether oxygens (including phenoxy) is 1. The van der Waals surface area contributed by atoms with E-state index in [1.54, 1.807) is 30.3 Å². The molecule has 1 N–H and O–H groups in total. The molecule has 5 nitrogen and oxygen atoms in total. The summed E-state index contributed by atoms with van der Waals surface area (Å²) >= 11 is 13.2. The van der Waals surface area contributed by atoms with Crippen LogP contribution >= 0.6 is 35.0 Å². The Morgan fingerprint density at radius 1 is 1.26 bits per heavy atom. The number of amidine groups is 1. The van der Waals surface area contributed by atoms with Crippen molar-refractivity contribution in [3.8, 4) is 5.75 Å². The molecule has 0 atom stereocenters. The summed E-state index contributed by atoms with van der Waals surface area (Å²) in [5.41, 5.74) is 1.52. The number of hydrogen-bond acceptors (Lipinski definition) is 4. The number of nitrogens with zero attached hydrogens (tertiary/aromatic N) is 1. The van der Waals surface area contributed by atoms with Crippen LogP contribution in [0.5, 0.6) is 5.75 Å². The molecule has 3 rings (SSSR count). The molecule has 0 bridgehead atoms. The minimum Gasteiger partial charge on any atom is -0.488 e. The van der Waals surface area contributed by atoms with Crippen molar-refractivity contribution in [1.82, 2.24) is 5.32 Å². The molecule has 0 aliphatic carbocycles. The van der Waals surface area contributed by atoms with Gasteiger partial charge in [-0.25, -0.2) is 0 Å². The summed E-state index contributed by atoms with van der Waals surface area (Å²) in [6.45, 7) is 1.62. The highest BCUT2D eigenvalue weighted by atomic mass is 35.5. The normalized spacial score (nSPS) is 15.0. The Morgan fingerprint density at radius 3 is 2.78 bits per heavy atom. The van der Waals surface area contributed by atoms with Crippen LogP contribution in [0.2, 0.25) is 10.0 Å². The fraction of sp³-hybridized carbons (Fsp3) is 0.105. The number of aliphatic imine (C=N–C) groups is 1. The van der Waals surface area contributed by atoms with Crippen molar-refractivity contribution >= 4 is 58.0 Å². The summed E-state index contributed by atoms with van der Waals surface area (Å²) in [4.78, 5) is 27.4. The quantitative estimate of drug-likeness (QED) is 0.729.